The smallest absolute Gasteiger partial charge is 0.228 e. The van der Waals surface area contributed by atoms with E-state index in [1.54, 1.807) is 4.90 Å². The molecule has 13 heavy (non-hydrogen) atoms. The number of carbonyl (C=O) groups excluding carboxylic acids is 1. The monoisotopic (exact) mass is 200 g/mol. The molecule has 1 fully saturated rings. The third kappa shape index (κ3) is 1.99. The van der Waals surface area contributed by atoms with Crippen molar-refractivity contribution >= 4 is 23.1 Å². The van der Waals surface area contributed by atoms with Crippen molar-refractivity contribution in [3.8, 4) is 0 Å². The van der Waals surface area contributed by atoms with Crippen molar-refractivity contribution in [2.24, 2.45) is 11.1 Å². The lowest BCUT2D eigenvalue weighted by Gasteiger charge is -2.21. The van der Waals surface area contributed by atoms with Gasteiger partial charge in [0.05, 0.1) is 11.5 Å². The SMILES string of the molecule is CCC1(C)CCN(CC(N)=S)C1=O. The Labute approximate surface area is 84.3 Å². The van der Waals surface area contributed by atoms with Gasteiger partial charge in [0, 0.05) is 12.0 Å². The summed E-state index contributed by atoms with van der Waals surface area (Å²) in [5.41, 5.74) is 5.23. The van der Waals surface area contributed by atoms with Gasteiger partial charge in [0.25, 0.3) is 0 Å². The quantitative estimate of drug-likeness (QED) is 0.689. The molecule has 0 radical (unpaired) electrons. The summed E-state index contributed by atoms with van der Waals surface area (Å²) in [6.45, 7) is 5.28. The number of carbonyl (C=O) groups is 1. The molecule has 4 heteroatoms. The fourth-order valence-electron chi connectivity index (χ4n) is 1.64. The molecule has 0 aromatic rings. The van der Waals surface area contributed by atoms with E-state index in [9.17, 15) is 4.79 Å². The summed E-state index contributed by atoms with van der Waals surface area (Å²) in [6, 6.07) is 0. The van der Waals surface area contributed by atoms with Gasteiger partial charge in [0.15, 0.2) is 0 Å². The highest BCUT2D eigenvalue weighted by Crippen LogP contribution is 2.34. The summed E-state index contributed by atoms with van der Waals surface area (Å²) < 4.78 is 0. The zero-order valence-corrected chi connectivity index (χ0v) is 8.99. The first kappa shape index (κ1) is 10.4. The van der Waals surface area contributed by atoms with Crippen LogP contribution in [-0.2, 0) is 4.79 Å². The number of nitrogens with zero attached hydrogens (tertiary/aromatic N) is 1. The predicted octanol–water partition coefficient (Wildman–Crippen LogP) is 0.921. The van der Waals surface area contributed by atoms with Crippen LogP contribution in [0.5, 0.6) is 0 Å². The number of nitrogens with two attached hydrogens (primary N) is 1. The third-order valence-corrected chi connectivity index (χ3v) is 2.99. The average molecular weight is 200 g/mol. The topological polar surface area (TPSA) is 46.3 Å². The van der Waals surface area contributed by atoms with Crippen molar-refractivity contribution in [2.45, 2.75) is 26.7 Å². The maximum absolute atomic E-state index is 11.8. The minimum atomic E-state index is -0.176. The Morgan fingerprint density at radius 3 is 2.77 bits per heavy atom. The van der Waals surface area contributed by atoms with Gasteiger partial charge in [-0.05, 0) is 12.8 Å². The van der Waals surface area contributed by atoms with Crippen LogP contribution in [0.15, 0.2) is 0 Å². The van der Waals surface area contributed by atoms with E-state index < -0.39 is 0 Å². The highest BCUT2D eigenvalue weighted by molar-refractivity contribution is 7.80. The van der Waals surface area contributed by atoms with Crippen LogP contribution in [-0.4, -0.2) is 28.9 Å². The van der Waals surface area contributed by atoms with Crippen molar-refractivity contribution in [3.63, 3.8) is 0 Å². The Morgan fingerprint density at radius 2 is 2.38 bits per heavy atom. The largest absolute Gasteiger partial charge is 0.392 e. The van der Waals surface area contributed by atoms with Gasteiger partial charge in [-0.1, -0.05) is 26.1 Å². The molecule has 1 rings (SSSR count). The van der Waals surface area contributed by atoms with Gasteiger partial charge in [0.1, 0.15) is 0 Å². The molecule has 1 atom stereocenters. The van der Waals surface area contributed by atoms with E-state index in [0.717, 1.165) is 19.4 Å². The maximum Gasteiger partial charge on any atom is 0.228 e. The van der Waals surface area contributed by atoms with Crippen LogP contribution < -0.4 is 5.73 Å². The lowest BCUT2D eigenvalue weighted by Crippen LogP contribution is -2.37. The van der Waals surface area contributed by atoms with Gasteiger partial charge in [-0.15, -0.1) is 0 Å². The number of rotatable bonds is 3. The van der Waals surface area contributed by atoms with Crippen molar-refractivity contribution in [3.05, 3.63) is 0 Å². The number of thiocarbonyl (C=S) groups is 1. The predicted molar refractivity (Wildman–Crippen MR) is 56.4 cm³/mol. The molecule has 0 aliphatic carbocycles. The highest BCUT2D eigenvalue weighted by Gasteiger charge is 2.40. The Bertz CT molecular complexity index is 242. The van der Waals surface area contributed by atoms with Gasteiger partial charge >= 0.3 is 0 Å². The van der Waals surface area contributed by atoms with Crippen LogP contribution in [0.4, 0.5) is 0 Å². The molecular formula is C9H16N2OS. The normalized spacial score (nSPS) is 28.2. The summed E-state index contributed by atoms with van der Waals surface area (Å²) in [5.74, 6) is 0.197. The Balaban J connectivity index is 2.65. The van der Waals surface area contributed by atoms with Gasteiger partial charge in [0.2, 0.25) is 5.91 Å². The number of hydrogen-bond donors (Lipinski definition) is 1. The van der Waals surface area contributed by atoms with E-state index in [2.05, 4.69) is 0 Å². The van der Waals surface area contributed by atoms with Crippen LogP contribution in [0.2, 0.25) is 0 Å². The molecule has 1 unspecified atom stereocenters. The first-order chi connectivity index (χ1) is 5.99. The summed E-state index contributed by atoms with van der Waals surface area (Å²) in [5, 5.41) is 0. The third-order valence-electron chi connectivity index (χ3n) is 2.86. The zero-order chi connectivity index (χ0) is 10.1. The molecule has 1 heterocycles. The van der Waals surface area contributed by atoms with Crippen molar-refractivity contribution in [1.82, 2.24) is 4.90 Å². The molecule has 0 bridgehead atoms. The average Bonchev–Trinajstić information content (AvgIpc) is 2.33. The summed E-state index contributed by atoms with van der Waals surface area (Å²) >= 11 is 4.78. The van der Waals surface area contributed by atoms with Gasteiger partial charge in [-0.25, -0.2) is 0 Å². The fourth-order valence-corrected chi connectivity index (χ4v) is 1.79. The lowest BCUT2D eigenvalue weighted by molar-refractivity contribution is -0.134. The Hall–Kier alpha value is -0.640. The van der Waals surface area contributed by atoms with Crippen LogP contribution in [0, 0.1) is 5.41 Å². The summed E-state index contributed by atoms with van der Waals surface area (Å²) in [4.78, 5) is 14.0. The fraction of sp³-hybridized carbons (Fsp3) is 0.778. The Kier molecular flexibility index (Phi) is 2.91. The van der Waals surface area contributed by atoms with Crippen molar-refractivity contribution in [2.75, 3.05) is 13.1 Å². The van der Waals surface area contributed by atoms with Crippen LogP contribution >= 0.6 is 12.2 Å². The molecule has 1 aliphatic heterocycles. The van der Waals surface area contributed by atoms with Gasteiger partial charge in [-0.3, -0.25) is 4.79 Å². The van der Waals surface area contributed by atoms with E-state index in [1.807, 2.05) is 13.8 Å². The van der Waals surface area contributed by atoms with E-state index in [-0.39, 0.29) is 11.3 Å². The standard InChI is InChI=1S/C9H16N2OS/c1-3-9(2)4-5-11(8(9)12)6-7(10)13/h3-6H2,1-2H3,(H2,10,13). The number of hydrogen-bond acceptors (Lipinski definition) is 2. The van der Waals surface area contributed by atoms with Crippen LogP contribution in [0.3, 0.4) is 0 Å². The summed E-state index contributed by atoms with van der Waals surface area (Å²) in [6.07, 6.45) is 1.81. The zero-order valence-electron chi connectivity index (χ0n) is 8.17. The minimum Gasteiger partial charge on any atom is -0.392 e. The Morgan fingerprint density at radius 1 is 1.77 bits per heavy atom. The molecule has 0 saturated carbocycles. The van der Waals surface area contributed by atoms with Crippen molar-refractivity contribution < 1.29 is 4.79 Å². The molecule has 2 N–H and O–H groups in total. The maximum atomic E-state index is 11.8. The van der Waals surface area contributed by atoms with Crippen LogP contribution in [0.25, 0.3) is 0 Å². The van der Waals surface area contributed by atoms with E-state index in [1.165, 1.54) is 0 Å². The molecule has 0 aromatic heterocycles. The molecule has 1 saturated heterocycles. The molecule has 1 aliphatic rings. The second kappa shape index (κ2) is 3.62. The molecule has 0 spiro atoms. The molecule has 3 nitrogen and oxygen atoms in total. The number of amides is 1. The highest BCUT2D eigenvalue weighted by atomic mass is 32.1. The first-order valence-corrected chi connectivity index (χ1v) is 4.98. The van der Waals surface area contributed by atoms with Gasteiger partial charge in [-0.2, -0.15) is 0 Å². The summed E-state index contributed by atoms with van der Waals surface area (Å²) in [7, 11) is 0. The second-order valence-corrected chi connectivity index (χ2v) is 4.38. The van der Waals surface area contributed by atoms with E-state index >= 15 is 0 Å². The molecular weight excluding hydrogens is 184 g/mol. The first-order valence-electron chi connectivity index (χ1n) is 4.57. The van der Waals surface area contributed by atoms with E-state index in [0.29, 0.717) is 11.5 Å². The second-order valence-electron chi connectivity index (χ2n) is 3.86. The van der Waals surface area contributed by atoms with Crippen LogP contribution in [0.1, 0.15) is 26.7 Å². The molecule has 1 amide bonds. The minimum absolute atomic E-state index is 0.176. The van der Waals surface area contributed by atoms with E-state index in [4.69, 9.17) is 18.0 Å². The van der Waals surface area contributed by atoms with Crippen molar-refractivity contribution in [1.29, 1.82) is 0 Å². The molecule has 0 aromatic carbocycles. The van der Waals surface area contributed by atoms with Gasteiger partial charge < -0.3 is 10.6 Å². The molecule has 74 valence electrons. The lowest BCUT2D eigenvalue weighted by atomic mass is 9.86. The number of likely N-dealkylation sites (tertiary alicyclic amines) is 1.